The molecule has 0 unspecified atom stereocenters. The quantitative estimate of drug-likeness (QED) is 0.675. The Hall–Kier alpha value is -2.43. The topological polar surface area (TPSA) is 73.3 Å². The predicted octanol–water partition coefficient (Wildman–Crippen LogP) is 1.55. The number of rotatable bonds is 1. The molecule has 0 aliphatic carbocycles. The summed E-state index contributed by atoms with van der Waals surface area (Å²) in [5.74, 6) is 0.809. The molecule has 3 heterocycles. The molecule has 1 aromatic carbocycles. The van der Waals surface area contributed by atoms with E-state index in [0.717, 1.165) is 43.0 Å². The van der Waals surface area contributed by atoms with E-state index in [1.54, 1.807) is 18.5 Å². The Bertz CT molecular complexity index is 934. The summed E-state index contributed by atoms with van der Waals surface area (Å²) in [5, 5.41) is 17.8. The first-order valence-electron chi connectivity index (χ1n) is 7.34. The van der Waals surface area contributed by atoms with Gasteiger partial charge in [-0.2, -0.15) is 5.26 Å². The van der Waals surface area contributed by atoms with Crippen LogP contribution in [0.4, 0.5) is 5.82 Å². The molecule has 0 bridgehead atoms. The number of piperazine rings is 1. The lowest BCUT2D eigenvalue weighted by molar-refractivity contribution is 0.312. The zero-order chi connectivity index (χ0) is 16.0. The summed E-state index contributed by atoms with van der Waals surface area (Å²) in [7, 11) is 2.11. The molecule has 0 radical (unpaired) electrons. The largest absolute Gasteiger partial charge is 0.351 e. The van der Waals surface area contributed by atoms with Gasteiger partial charge in [-0.05, 0) is 19.2 Å². The number of aromatic nitrogens is 4. The van der Waals surface area contributed by atoms with Crippen LogP contribution in [0.5, 0.6) is 0 Å². The van der Waals surface area contributed by atoms with Crippen molar-refractivity contribution in [1.29, 1.82) is 5.26 Å². The molecule has 7 nitrogen and oxygen atoms in total. The lowest BCUT2D eigenvalue weighted by atomic mass is 10.2. The number of likely N-dealkylation sites (N-methyl/N-ethyl adjacent to an activating group) is 1. The van der Waals surface area contributed by atoms with E-state index in [4.69, 9.17) is 16.6 Å². The van der Waals surface area contributed by atoms with Crippen molar-refractivity contribution in [3.8, 4) is 6.07 Å². The Morgan fingerprint density at radius 3 is 2.74 bits per heavy atom. The van der Waals surface area contributed by atoms with Crippen LogP contribution in [0.1, 0.15) is 5.56 Å². The zero-order valence-electron chi connectivity index (χ0n) is 12.6. The second-order valence-corrected chi connectivity index (χ2v) is 6.09. The fraction of sp³-hybridized carbons (Fsp3) is 0.333. The molecule has 116 valence electrons. The average Bonchev–Trinajstić information content (AvgIpc) is 3.04. The van der Waals surface area contributed by atoms with Crippen LogP contribution in [0.15, 0.2) is 18.5 Å². The number of fused-ring (bicyclic) bond motifs is 3. The molecule has 3 aromatic rings. The third-order valence-corrected chi connectivity index (χ3v) is 4.53. The van der Waals surface area contributed by atoms with Crippen LogP contribution < -0.4 is 4.90 Å². The van der Waals surface area contributed by atoms with Crippen LogP contribution in [0.25, 0.3) is 16.7 Å². The highest BCUT2D eigenvalue weighted by Crippen LogP contribution is 2.27. The van der Waals surface area contributed by atoms with Crippen molar-refractivity contribution in [3.05, 3.63) is 29.0 Å². The molecule has 4 rings (SSSR count). The summed E-state index contributed by atoms with van der Waals surface area (Å²) in [5.41, 5.74) is 2.63. The van der Waals surface area contributed by atoms with Gasteiger partial charge in [-0.15, -0.1) is 10.2 Å². The molecule has 0 atom stereocenters. The van der Waals surface area contributed by atoms with Crippen molar-refractivity contribution < 1.29 is 0 Å². The van der Waals surface area contributed by atoms with Gasteiger partial charge in [0, 0.05) is 26.2 Å². The molecule has 1 fully saturated rings. The molecule has 0 N–H and O–H groups in total. The lowest BCUT2D eigenvalue weighted by Crippen LogP contribution is -2.45. The Balaban J connectivity index is 1.94. The number of hydrogen-bond acceptors (Lipinski definition) is 6. The van der Waals surface area contributed by atoms with Gasteiger partial charge in [0.15, 0.2) is 5.82 Å². The number of halogens is 1. The van der Waals surface area contributed by atoms with E-state index in [9.17, 15) is 5.26 Å². The summed E-state index contributed by atoms with van der Waals surface area (Å²) < 4.78 is 1.87. The first-order chi connectivity index (χ1) is 11.2. The van der Waals surface area contributed by atoms with Gasteiger partial charge in [0.2, 0.25) is 5.65 Å². The zero-order valence-corrected chi connectivity index (χ0v) is 13.3. The third kappa shape index (κ3) is 2.27. The second-order valence-electron chi connectivity index (χ2n) is 5.68. The average molecular weight is 328 g/mol. The first-order valence-corrected chi connectivity index (χ1v) is 7.72. The van der Waals surface area contributed by atoms with Crippen molar-refractivity contribution in [2.45, 2.75) is 0 Å². The van der Waals surface area contributed by atoms with E-state index in [1.807, 2.05) is 4.40 Å². The van der Waals surface area contributed by atoms with Crippen molar-refractivity contribution >= 4 is 34.1 Å². The summed E-state index contributed by atoms with van der Waals surface area (Å²) in [6.07, 6.45) is 1.65. The smallest absolute Gasteiger partial charge is 0.204 e. The Morgan fingerprint density at radius 2 is 2.00 bits per heavy atom. The van der Waals surface area contributed by atoms with Crippen LogP contribution in [0.2, 0.25) is 5.02 Å². The van der Waals surface area contributed by atoms with E-state index in [-0.39, 0.29) is 0 Å². The minimum absolute atomic E-state index is 0.407. The molecule has 1 aliphatic heterocycles. The van der Waals surface area contributed by atoms with Gasteiger partial charge in [-0.25, -0.2) is 4.98 Å². The maximum atomic E-state index is 9.18. The van der Waals surface area contributed by atoms with Gasteiger partial charge in [-0.3, -0.25) is 4.40 Å². The Kier molecular flexibility index (Phi) is 3.29. The van der Waals surface area contributed by atoms with E-state index < -0.39 is 0 Å². The third-order valence-electron chi connectivity index (χ3n) is 4.22. The van der Waals surface area contributed by atoms with Crippen LogP contribution in [0.3, 0.4) is 0 Å². The maximum Gasteiger partial charge on any atom is 0.204 e. The van der Waals surface area contributed by atoms with E-state index in [2.05, 4.69) is 33.1 Å². The van der Waals surface area contributed by atoms with Gasteiger partial charge in [0.05, 0.1) is 21.6 Å². The second kappa shape index (κ2) is 5.33. The molecule has 0 amide bonds. The van der Waals surface area contributed by atoms with Gasteiger partial charge in [0.25, 0.3) is 0 Å². The fourth-order valence-electron chi connectivity index (χ4n) is 2.88. The number of nitrogens with zero attached hydrogens (tertiary/aromatic N) is 7. The Labute approximate surface area is 137 Å². The highest BCUT2D eigenvalue weighted by atomic mass is 35.5. The maximum absolute atomic E-state index is 9.18. The Morgan fingerprint density at radius 1 is 1.22 bits per heavy atom. The number of benzene rings is 1. The predicted molar refractivity (Wildman–Crippen MR) is 87.7 cm³/mol. The van der Waals surface area contributed by atoms with Crippen molar-refractivity contribution in [1.82, 2.24) is 24.5 Å². The number of hydrogen-bond donors (Lipinski definition) is 0. The van der Waals surface area contributed by atoms with Gasteiger partial charge in [-0.1, -0.05) is 11.6 Å². The van der Waals surface area contributed by atoms with E-state index >= 15 is 0 Å². The molecule has 23 heavy (non-hydrogen) atoms. The van der Waals surface area contributed by atoms with Crippen LogP contribution in [-0.4, -0.2) is 57.7 Å². The van der Waals surface area contributed by atoms with Crippen LogP contribution in [-0.2, 0) is 0 Å². The highest BCUT2D eigenvalue weighted by Gasteiger charge is 2.21. The van der Waals surface area contributed by atoms with E-state index in [1.165, 1.54) is 0 Å². The van der Waals surface area contributed by atoms with E-state index in [0.29, 0.717) is 16.2 Å². The first kappa shape index (κ1) is 14.2. The minimum atomic E-state index is 0.407. The van der Waals surface area contributed by atoms with Crippen molar-refractivity contribution in [2.24, 2.45) is 0 Å². The van der Waals surface area contributed by atoms with Gasteiger partial charge in [0.1, 0.15) is 12.4 Å². The summed E-state index contributed by atoms with van der Waals surface area (Å²) >= 11 is 6.16. The normalized spacial score (nSPS) is 16.1. The number of anilines is 1. The lowest BCUT2D eigenvalue weighted by Gasteiger charge is -2.33. The SMILES string of the molecule is CN1CCN(c2nc3cc(Cl)c(C#N)cc3n3cnnc23)CC1. The minimum Gasteiger partial charge on any atom is -0.351 e. The molecule has 2 aromatic heterocycles. The monoisotopic (exact) mass is 327 g/mol. The van der Waals surface area contributed by atoms with Gasteiger partial charge < -0.3 is 9.80 Å². The molecule has 1 saturated heterocycles. The molecule has 0 spiro atoms. The summed E-state index contributed by atoms with van der Waals surface area (Å²) in [6.45, 7) is 3.74. The summed E-state index contributed by atoms with van der Waals surface area (Å²) in [6, 6.07) is 5.56. The molecular formula is C15H14ClN7. The fourth-order valence-corrected chi connectivity index (χ4v) is 3.08. The van der Waals surface area contributed by atoms with Gasteiger partial charge >= 0.3 is 0 Å². The standard InChI is InChI=1S/C15H14ClN7/c1-21-2-4-22(5-3-21)14-15-20-18-9-23(15)13-6-10(8-17)11(16)7-12(13)19-14/h6-7,9H,2-5H2,1H3. The van der Waals surface area contributed by atoms with Crippen molar-refractivity contribution in [2.75, 3.05) is 38.1 Å². The molecular weight excluding hydrogens is 314 g/mol. The van der Waals surface area contributed by atoms with Crippen LogP contribution >= 0.6 is 11.6 Å². The summed E-state index contributed by atoms with van der Waals surface area (Å²) in [4.78, 5) is 9.25. The molecule has 8 heteroatoms. The van der Waals surface area contributed by atoms with Crippen molar-refractivity contribution in [3.63, 3.8) is 0 Å². The highest BCUT2D eigenvalue weighted by molar-refractivity contribution is 6.32. The number of nitriles is 1. The van der Waals surface area contributed by atoms with Crippen LogP contribution in [0, 0.1) is 11.3 Å². The molecule has 1 aliphatic rings. The molecule has 0 saturated carbocycles.